The predicted octanol–water partition coefficient (Wildman–Crippen LogP) is 4.44. The molecule has 2 aliphatic carbocycles. The van der Waals surface area contributed by atoms with Gasteiger partial charge in [0.2, 0.25) is 5.92 Å². The molecule has 2 fully saturated rings. The lowest BCUT2D eigenvalue weighted by Crippen LogP contribution is -2.32. The number of rotatable bonds is 4. The third-order valence-electron chi connectivity index (χ3n) is 4.87. The zero-order valence-electron chi connectivity index (χ0n) is 13.8. The van der Waals surface area contributed by atoms with Crippen LogP contribution in [0.2, 0.25) is 0 Å². The quantitative estimate of drug-likeness (QED) is 0.900. The average Bonchev–Trinajstić information content (AvgIpc) is 3.26. The summed E-state index contributed by atoms with van der Waals surface area (Å²) < 4.78 is 28.4. The molecule has 1 N–H and O–H groups in total. The molecule has 0 aliphatic heterocycles. The first-order valence-corrected chi connectivity index (χ1v) is 8.67. The molecule has 2 aliphatic rings. The minimum Gasteiger partial charge on any atom is -0.367 e. The van der Waals surface area contributed by atoms with Gasteiger partial charge in [-0.15, -0.1) is 0 Å². The number of anilines is 1. The summed E-state index contributed by atoms with van der Waals surface area (Å²) >= 11 is 0. The molecule has 24 heavy (non-hydrogen) atoms. The van der Waals surface area contributed by atoms with Crippen LogP contribution in [0, 0.1) is 6.92 Å². The van der Waals surface area contributed by atoms with Crippen LogP contribution in [0.4, 0.5) is 14.6 Å². The first kappa shape index (κ1) is 15.5. The van der Waals surface area contributed by atoms with Crippen LogP contribution in [0.25, 0.3) is 5.82 Å². The number of alkyl halides is 2. The van der Waals surface area contributed by atoms with Crippen molar-refractivity contribution >= 4 is 5.82 Å². The Hall–Kier alpha value is -1.98. The lowest BCUT2D eigenvalue weighted by atomic mass is 9.92. The second kappa shape index (κ2) is 5.83. The van der Waals surface area contributed by atoms with Crippen molar-refractivity contribution in [3.8, 4) is 5.82 Å². The monoisotopic (exact) mass is 332 g/mol. The predicted molar refractivity (Wildman–Crippen MR) is 88.9 cm³/mol. The van der Waals surface area contributed by atoms with E-state index in [-0.39, 0.29) is 18.9 Å². The second-order valence-electron chi connectivity index (χ2n) is 7.12. The first-order chi connectivity index (χ1) is 11.5. The lowest BCUT2D eigenvalue weighted by Gasteiger charge is -2.29. The smallest absolute Gasteiger partial charge is 0.248 e. The van der Waals surface area contributed by atoms with Gasteiger partial charge in [-0.1, -0.05) is 0 Å². The van der Waals surface area contributed by atoms with Crippen molar-refractivity contribution in [1.82, 2.24) is 14.8 Å². The highest BCUT2D eigenvalue weighted by molar-refractivity contribution is 5.44. The lowest BCUT2D eigenvalue weighted by molar-refractivity contribution is -0.0361. The summed E-state index contributed by atoms with van der Waals surface area (Å²) in [5.74, 6) is -0.385. The molecular formula is C18H22F2N4. The van der Waals surface area contributed by atoms with Gasteiger partial charge < -0.3 is 5.32 Å². The molecule has 2 heterocycles. The summed E-state index contributed by atoms with van der Waals surface area (Å²) in [5.41, 5.74) is 2.20. The van der Waals surface area contributed by atoms with Crippen LogP contribution >= 0.6 is 0 Å². The van der Waals surface area contributed by atoms with Gasteiger partial charge in [0.15, 0.2) is 5.82 Å². The maximum atomic E-state index is 13.3. The molecule has 0 saturated heterocycles. The van der Waals surface area contributed by atoms with Crippen LogP contribution in [-0.2, 0) is 0 Å². The van der Waals surface area contributed by atoms with Gasteiger partial charge in [0.05, 0.1) is 5.69 Å². The summed E-state index contributed by atoms with van der Waals surface area (Å²) in [4.78, 5) is 4.63. The van der Waals surface area contributed by atoms with Crippen molar-refractivity contribution in [2.24, 2.45) is 0 Å². The highest BCUT2D eigenvalue weighted by Crippen LogP contribution is 2.39. The molecule has 0 spiro atoms. The topological polar surface area (TPSA) is 42.7 Å². The second-order valence-corrected chi connectivity index (χ2v) is 7.12. The average molecular weight is 332 g/mol. The van der Waals surface area contributed by atoms with E-state index in [0.717, 1.165) is 22.9 Å². The minimum absolute atomic E-state index is 0.0484. The molecule has 6 heteroatoms. The molecule has 0 amide bonds. The Morgan fingerprint density at radius 1 is 1.17 bits per heavy atom. The Labute approximate surface area is 140 Å². The maximum Gasteiger partial charge on any atom is 0.248 e. The van der Waals surface area contributed by atoms with Crippen molar-refractivity contribution in [3.63, 3.8) is 0 Å². The van der Waals surface area contributed by atoms with Gasteiger partial charge >= 0.3 is 0 Å². The molecule has 2 aromatic rings. The van der Waals surface area contributed by atoms with Crippen LogP contribution in [0.3, 0.4) is 0 Å². The Kier molecular flexibility index (Phi) is 3.77. The van der Waals surface area contributed by atoms with E-state index >= 15 is 0 Å². The SMILES string of the molecule is Cc1cc(NC2CCC(F)(F)CC2)nc(-n2ccc(C3CC3)n2)c1. The van der Waals surface area contributed by atoms with E-state index in [2.05, 4.69) is 21.5 Å². The van der Waals surface area contributed by atoms with Gasteiger partial charge in [-0.2, -0.15) is 5.10 Å². The first-order valence-electron chi connectivity index (χ1n) is 8.67. The van der Waals surface area contributed by atoms with E-state index in [9.17, 15) is 8.78 Å². The molecule has 0 aromatic carbocycles. The molecule has 4 rings (SSSR count). The zero-order valence-corrected chi connectivity index (χ0v) is 13.8. The van der Waals surface area contributed by atoms with Crippen LogP contribution in [0.5, 0.6) is 0 Å². The molecule has 0 atom stereocenters. The molecule has 128 valence electrons. The number of hydrogen-bond acceptors (Lipinski definition) is 3. The molecule has 0 bridgehead atoms. The fourth-order valence-electron chi connectivity index (χ4n) is 3.30. The van der Waals surface area contributed by atoms with Crippen LogP contribution in [0.15, 0.2) is 24.4 Å². The summed E-state index contributed by atoms with van der Waals surface area (Å²) in [6, 6.07) is 6.06. The highest BCUT2D eigenvalue weighted by Gasteiger charge is 2.35. The Bertz CT molecular complexity index is 726. The molecule has 0 unspecified atom stereocenters. The number of nitrogens with zero attached hydrogens (tertiary/aromatic N) is 3. The Balaban J connectivity index is 1.50. The van der Waals surface area contributed by atoms with Gasteiger partial charge in [0.25, 0.3) is 0 Å². The van der Waals surface area contributed by atoms with E-state index in [1.807, 2.05) is 25.3 Å². The van der Waals surface area contributed by atoms with Crippen molar-refractivity contribution in [2.45, 2.75) is 63.3 Å². The van der Waals surface area contributed by atoms with Gasteiger partial charge in [0, 0.05) is 31.0 Å². The molecular weight excluding hydrogens is 310 g/mol. The fraction of sp³-hybridized carbons (Fsp3) is 0.556. The third kappa shape index (κ3) is 3.42. The normalized spacial score (nSPS) is 21.0. The zero-order chi connectivity index (χ0) is 16.7. The van der Waals surface area contributed by atoms with Gasteiger partial charge in [-0.05, 0) is 56.4 Å². The standard InChI is InChI=1S/C18H22F2N4/c1-12-10-16(21-14-4-7-18(19,20)8-5-14)22-17(11-12)24-9-6-15(23-24)13-2-3-13/h6,9-11,13-14H,2-5,7-8H2,1H3,(H,21,22). The van der Waals surface area contributed by atoms with E-state index in [1.165, 1.54) is 12.8 Å². The Morgan fingerprint density at radius 2 is 1.92 bits per heavy atom. The van der Waals surface area contributed by atoms with Gasteiger partial charge in [-0.25, -0.2) is 18.4 Å². The van der Waals surface area contributed by atoms with E-state index in [0.29, 0.717) is 18.8 Å². The van der Waals surface area contributed by atoms with Gasteiger partial charge in [0.1, 0.15) is 5.82 Å². The van der Waals surface area contributed by atoms with Crippen LogP contribution in [0.1, 0.15) is 55.7 Å². The highest BCUT2D eigenvalue weighted by atomic mass is 19.3. The largest absolute Gasteiger partial charge is 0.367 e. The van der Waals surface area contributed by atoms with E-state index in [4.69, 9.17) is 0 Å². The Morgan fingerprint density at radius 3 is 2.62 bits per heavy atom. The number of aryl methyl sites for hydroxylation is 1. The summed E-state index contributed by atoms with van der Waals surface area (Å²) in [6.45, 7) is 2.01. The van der Waals surface area contributed by atoms with Crippen molar-refractivity contribution in [3.05, 3.63) is 35.7 Å². The summed E-state index contributed by atoms with van der Waals surface area (Å²) in [5, 5.41) is 7.94. The number of nitrogens with one attached hydrogen (secondary N) is 1. The van der Waals surface area contributed by atoms with Crippen LogP contribution < -0.4 is 5.32 Å². The third-order valence-corrected chi connectivity index (χ3v) is 4.87. The van der Waals surface area contributed by atoms with Crippen molar-refractivity contribution in [2.75, 3.05) is 5.32 Å². The van der Waals surface area contributed by atoms with Crippen LogP contribution in [-0.4, -0.2) is 26.7 Å². The van der Waals surface area contributed by atoms with E-state index in [1.54, 1.807) is 4.68 Å². The molecule has 2 aromatic heterocycles. The van der Waals surface area contributed by atoms with E-state index < -0.39 is 5.92 Å². The summed E-state index contributed by atoms with van der Waals surface area (Å²) in [6.07, 6.45) is 5.24. The molecule has 2 saturated carbocycles. The number of pyridine rings is 1. The molecule has 4 nitrogen and oxygen atoms in total. The van der Waals surface area contributed by atoms with Crippen molar-refractivity contribution < 1.29 is 8.78 Å². The number of hydrogen-bond donors (Lipinski definition) is 1. The maximum absolute atomic E-state index is 13.3. The number of halogens is 2. The van der Waals surface area contributed by atoms with Crippen molar-refractivity contribution in [1.29, 1.82) is 0 Å². The molecule has 0 radical (unpaired) electrons. The fourth-order valence-corrected chi connectivity index (χ4v) is 3.30. The summed E-state index contributed by atoms with van der Waals surface area (Å²) in [7, 11) is 0. The minimum atomic E-state index is -2.50. The van der Waals surface area contributed by atoms with Gasteiger partial charge in [-0.3, -0.25) is 0 Å². The number of aromatic nitrogens is 3.